The van der Waals surface area contributed by atoms with Crippen molar-refractivity contribution in [3.63, 3.8) is 0 Å². The van der Waals surface area contributed by atoms with E-state index in [0.29, 0.717) is 0 Å². The molecule has 0 aromatic rings. The molecule has 1 atom stereocenters. The van der Waals surface area contributed by atoms with Gasteiger partial charge in [0.2, 0.25) is 0 Å². The molecule has 1 fully saturated rings. The first-order chi connectivity index (χ1) is 4.75. The second kappa shape index (κ2) is 3.07. The van der Waals surface area contributed by atoms with Crippen LogP contribution in [0.5, 0.6) is 0 Å². The minimum absolute atomic E-state index is 0.0480. The van der Waals surface area contributed by atoms with Crippen molar-refractivity contribution in [3.05, 3.63) is 11.2 Å². The molecular formula is C7H9BrN2. The fourth-order valence-electron chi connectivity index (χ4n) is 1.19. The van der Waals surface area contributed by atoms with Gasteiger partial charge in [0.05, 0.1) is 10.7 Å². The number of hydrogen-bond acceptors (Lipinski definition) is 2. The first-order valence-electron chi connectivity index (χ1n) is 3.26. The maximum atomic E-state index is 8.63. The van der Waals surface area contributed by atoms with Gasteiger partial charge in [0.1, 0.15) is 6.04 Å². The van der Waals surface area contributed by atoms with Crippen molar-refractivity contribution in [3.8, 4) is 6.07 Å². The van der Waals surface area contributed by atoms with Gasteiger partial charge in [0.25, 0.3) is 0 Å². The van der Waals surface area contributed by atoms with Crippen LogP contribution in [0.2, 0.25) is 0 Å². The van der Waals surface area contributed by atoms with Crippen molar-refractivity contribution in [2.75, 3.05) is 6.54 Å². The molecule has 1 saturated heterocycles. The normalized spacial score (nSPS) is 24.4. The van der Waals surface area contributed by atoms with Crippen LogP contribution in [0.3, 0.4) is 0 Å². The molecule has 0 unspecified atom stereocenters. The molecule has 54 valence electrons. The maximum absolute atomic E-state index is 8.63. The standard InChI is InChI=1S/C7H9BrN2/c1-6(8)10-4-2-3-7(10)5-9/h7H,1-4H2/t7-/m0/s1. The number of hydrogen-bond donors (Lipinski definition) is 0. The monoisotopic (exact) mass is 200 g/mol. The quantitative estimate of drug-likeness (QED) is 0.605. The van der Waals surface area contributed by atoms with E-state index in [1.54, 1.807) is 0 Å². The number of halogens is 1. The fourth-order valence-corrected chi connectivity index (χ4v) is 1.62. The number of likely N-dealkylation sites (tertiary alicyclic amines) is 1. The van der Waals surface area contributed by atoms with Crippen LogP contribution >= 0.6 is 15.9 Å². The lowest BCUT2D eigenvalue weighted by Gasteiger charge is -2.19. The van der Waals surface area contributed by atoms with Gasteiger partial charge < -0.3 is 4.90 Å². The van der Waals surface area contributed by atoms with Crippen molar-refractivity contribution >= 4 is 15.9 Å². The molecule has 0 N–H and O–H groups in total. The van der Waals surface area contributed by atoms with Gasteiger partial charge in [-0.15, -0.1) is 0 Å². The molecule has 0 spiro atoms. The average molecular weight is 201 g/mol. The summed E-state index contributed by atoms with van der Waals surface area (Å²) < 4.78 is 0.830. The summed E-state index contributed by atoms with van der Waals surface area (Å²) in [6.07, 6.45) is 2.07. The van der Waals surface area contributed by atoms with Crippen LogP contribution in [-0.2, 0) is 0 Å². The van der Waals surface area contributed by atoms with Gasteiger partial charge in [-0.3, -0.25) is 0 Å². The van der Waals surface area contributed by atoms with Gasteiger partial charge in [-0.2, -0.15) is 5.26 Å². The molecule has 0 aromatic heterocycles. The lowest BCUT2D eigenvalue weighted by molar-refractivity contribution is 0.402. The van der Waals surface area contributed by atoms with E-state index in [0.717, 1.165) is 24.0 Å². The molecule has 3 heteroatoms. The SMILES string of the molecule is C=C(Br)N1CCC[C@H]1C#N. The Balaban J connectivity index is 2.61. The van der Waals surface area contributed by atoms with Crippen LogP contribution in [0.1, 0.15) is 12.8 Å². The predicted molar refractivity (Wildman–Crippen MR) is 43.4 cm³/mol. The Morgan fingerprint density at radius 1 is 1.80 bits per heavy atom. The van der Waals surface area contributed by atoms with E-state index in [1.165, 1.54) is 0 Å². The van der Waals surface area contributed by atoms with E-state index < -0.39 is 0 Å². The number of nitrogens with zero attached hydrogens (tertiary/aromatic N) is 2. The smallest absolute Gasteiger partial charge is 0.117 e. The fraction of sp³-hybridized carbons (Fsp3) is 0.571. The van der Waals surface area contributed by atoms with Crippen LogP contribution in [0.25, 0.3) is 0 Å². The predicted octanol–water partition coefficient (Wildman–Crippen LogP) is 1.84. The van der Waals surface area contributed by atoms with Gasteiger partial charge in [-0.05, 0) is 28.8 Å². The lowest BCUT2D eigenvalue weighted by atomic mass is 10.2. The third kappa shape index (κ3) is 1.32. The number of nitriles is 1. The molecule has 1 aliphatic heterocycles. The Kier molecular flexibility index (Phi) is 2.34. The molecular weight excluding hydrogens is 192 g/mol. The molecule has 0 radical (unpaired) electrons. The van der Waals surface area contributed by atoms with E-state index in [1.807, 2.05) is 4.90 Å². The Labute approximate surface area is 69.3 Å². The zero-order valence-corrected chi connectivity index (χ0v) is 7.26. The largest absolute Gasteiger partial charge is 0.350 e. The van der Waals surface area contributed by atoms with Crippen molar-refractivity contribution in [2.45, 2.75) is 18.9 Å². The van der Waals surface area contributed by atoms with E-state index in [2.05, 4.69) is 28.6 Å². The van der Waals surface area contributed by atoms with E-state index in [9.17, 15) is 0 Å². The summed E-state index contributed by atoms with van der Waals surface area (Å²) in [7, 11) is 0. The molecule has 1 heterocycles. The van der Waals surface area contributed by atoms with Gasteiger partial charge in [-0.1, -0.05) is 6.58 Å². The maximum Gasteiger partial charge on any atom is 0.117 e. The summed E-state index contributed by atoms with van der Waals surface area (Å²) in [6.45, 7) is 4.69. The Bertz CT molecular complexity index is 183. The second-order valence-electron chi connectivity index (χ2n) is 2.36. The van der Waals surface area contributed by atoms with E-state index in [-0.39, 0.29) is 6.04 Å². The average Bonchev–Trinajstić information content (AvgIpc) is 2.33. The zero-order chi connectivity index (χ0) is 7.56. The highest BCUT2D eigenvalue weighted by atomic mass is 79.9. The molecule has 0 bridgehead atoms. The second-order valence-corrected chi connectivity index (χ2v) is 3.27. The molecule has 0 aromatic carbocycles. The van der Waals surface area contributed by atoms with Gasteiger partial charge in [0, 0.05) is 6.54 Å². The van der Waals surface area contributed by atoms with Crippen LogP contribution in [-0.4, -0.2) is 17.5 Å². The molecule has 0 amide bonds. The van der Waals surface area contributed by atoms with Crippen molar-refractivity contribution in [2.24, 2.45) is 0 Å². The summed E-state index contributed by atoms with van der Waals surface area (Å²) in [6, 6.07) is 2.28. The highest BCUT2D eigenvalue weighted by Gasteiger charge is 2.23. The van der Waals surface area contributed by atoms with Crippen LogP contribution in [0.4, 0.5) is 0 Å². The van der Waals surface area contributed by atoms with Crippen molar-refractivity contribution < 1.29 is 0 Å². The third-order valence-electron chi connectivity index (χ3n) is 1.71. The van der Waals surface area contributed by atoms with Gasteiger partial charge >= 0.3 is 0 Å². The van der Waals surface area contributed by atoms with Crippen LogP contribution in [0, 0.1) is 11.3 Å². The summed E-state index contributed by atoms with van der Waals surface area (Å²) in [5.74, 6) is 0. The van der Waals surface area contributed by atoms with Crippen LogP contribution < -0.4 is 0 Å². The molecule has 1 rings (SSSR count). The summed E-state index contributed by atoms with van der Waals surface area (Å²) in [5.41, 5.74) is 0. The summed E-state index contributed by atoms with van der Waals surface area (Å²) in [5, 5.41) is 8.63. The topological polar surface area (TPSA) is 27.0 Å². The Hall–Kier alpha value is -0.490. The minimum Gasteiger partial charge on any atom is -0.350 e. The summed E-state index contributed by atoms with van der Waals surface area (Å²) in [4.78, 5) is 1.99. The minimum atomic E-state index is 0.0480. The van der Waals surface area contributed by atoms with Crippen LogP contribution in [0.15, 0.2) is 11.2 Å². The summed E-state index contributed by atoms with van der Waals surface area (Å²) >= 11 is 3.26. The van der Waals surface area contributed by atoms with E-state index in [4.69, 9.17) is 5.26 Å². The molecule has 1 aliphatic rings. The molecule has 0 aliphatic carbocycles. The molecule has 2 nitrogen and oxygen atoms in total. The first kappa shape index (κ1) is 7.62. The lowest BCUT2D eigenvalue weighted by Crippen LogP contribution is -2.24. The van der Waals surface area contributed by atoms with Crippen molar-refractivity contribution in [1.29, 1.82) is 5.26 Å². The highest BCUT2D eigenvalue weighted by Crippen LogP contribution is 2.23. The molecule has 0 saturated carbocycles. The Morgan fingerprint density at radius 2 is 2.50 bits per heavy atom. The highest BCUT2D eigenvalue weighted by molar-refractivity contribution is 9.11. The Morgan fingerprint density at radius 3 is 2.90 bits per heavy atom. The third-order valence-corrected chi connectivity index (χ3v) is 2.17. The van der Waals surface area contributed by atoms with Gasteiger partial charge in [-0.25, -0.2) is 0 Å². The van der Waals surface area contributed by atoms with Gasteiger partial charge in [0.15, 0.2) is 0 Å². The number of rotatable bonds is 1. The first-order valence-corrected chi connectivity index (χ1v) is 4.05. The molecule has 10 heavy (non-hydrogen) atoms. The van der Waals surface area contributed by atoms with Crippen molar-refractivity contribution in [1.82, 2.24) is 4.90 Å². The van der Waals surface area contributed by atoms with E-state index >= 15 is 0 Å². The zero-order valence-electron chi connectivity index (χ0n) is 5.68.